The van der Waals surface area contributed by atoms with Gasteiger partial charge in [-0.25, -0.2) is 0 Å². The summed E-state index contributed by atoms with van der Waals surface area (Å²) in [7, 11) is 1.88. The number of amides is 1. The number of hydrogen-bond donors (Lipinski definition) is 1. The molecule has 1 rings (SSSR count). The van der Waals surface area contributed by atoms with Crippen molar-refractivity contribution in [3.8, 4) is 0 Å². The summed E-state index contributed by atoms with van der Waals surface area (Å²) in [6.07, 6.45) is 3.24. The molecule has 1 amide bonds. The molecule has 0 bridgehead atoms. The molecular formula is C11H23N3O. The lowest BCUT2D eigenvalue weighted by molar-refractivity contribution is -0.130. The average molecular weight is 213 g/mol. The molecule has 4 heteroatoms. The number of unbranched alkanes of at least 4 members (excludes halogenated alkanes) is 1. The Bertz CT molecular complexity index is 208. The van der Waals surface area contributed by atoms with Crippen LogP contribution in [0.15, 0.2) is 0 Å². The number of rotatable bonds is 5. The number of carbonyl (C=O) groups is 1. The zero-order valence-electron chi connectivity index (χ0n) is 9.91. The highest BCUT2D eigenvalue weighted by Crippen LogP contribution is 2.06. The summed E-state index contributed by atoms with van der Waals surface area (Å²) < 4.78 is 0. The topological polar surface area (TPSA) is 49.6 Å². The van der Waals surface area contributed by atoms with Gasteiger partial charge in [-0.05, 0) is 12.8 Å². The van der Waals surface area contributed by atoms with Crippen LogP contribution < -0.4 is 5.73 Å². The molecule has 0 unspecified atom stereocenters. The van der Waals surface area contributed by atoms with Gasteiger partial charge in [-0.2, -0.15) is 0 Å². The van der Waals surface area contributed by atoms with Gasteiger partial charge in [0.2, 0.25) is 5.91 Å². The predicted molar refractivity (Wildman–Crippen MR) is 61.6 cm³/mol. The first kappa shape index (κ1) is 12.5. The van der Waals surface area contributed by atoms with E-state index in [-0.39, 0.29) is 11.9 Å². The first-order valence-electron chi connectivity index (χ1n) is 5.85. The van der Waals surface area contributed by atoms with Gasteiger partial charge in [-0.15, -0.1) is 0 Å². The van der Waals surface area contributed by atoms with Gasteiger partial charge in [0.05, 0.1) is 6.54 Å². The fourth-order valence-electron chi connectivity index (χ4n) is 1.84. The van der Waals surface area contributed by atoms with E-state index in [0.717, 1.165) is 38.9 Å². The highest BCUT2D eigenvalue weighted by atomic mass is 16.2. The lowest BCUT2D eigenvalue weighted by Crippen LogP contribution is -2.38. The van der Waals surface area contributed by atoms with Crippen molar-refractivity contribution in [3.63, 3.8) is 0 Å². The van der Waals surface area contributed by atoms with Gasteiger partial charge in [0.15, 0.2) is 0 Å². The van der Waals surface area contributed by atoms with Gasteiger partial charge in [0.1, 0.15) is 0 Å². The fourth-order valence-corrected chi connectivity index (χ4v) is 1.84. The smallest absolute Gasteiger partial charge is 0.236 e. The van der Waals surface area contributed by atoms with Crippen LogP contribution in [0.5, 0.6) is 0 Å². The minimum absolute atomic E-state index is 0.220. The Kier molecular flexibility index (Phi) is 5.05. The number of nitrogens with two attached hydrogens (primary N) is 1. The second-order valence-electron chi connectivity index (χ2n) is 4.45. The van der Waals surface area contributed by atoms with Crippen molar-refractivity contribution in [2.24, 2.45) is 5.73 Å². The van der Waals surface area contributed by atoms with Crippen LogP contribution in [0.1, 0.15) is 26.2 Å². The van der Waals surface area contributed by atoms with Crippen LogP contribution in [0, 0.1) is 0 Å². The van der Waals surface area contributed by atoms with E-state index < -0.39 is 0 Å². The standard InChI is InChI=1S/C11H23N3O/c1-3-4-6-13(2)11(15)9-14-7-5-10(12)8-14/h10H,3-9,12H2,1-2H3/t10-/m1/s1. The summed E-state index contributed by atoms with van der Waals surface area (Å²) in [5, 5.41) is 0. The summed E-state index contributed by atoms with van der Waals surface area (Å²) in [5.74, 6) is 0.220. The van der Waals surface area contributed by atoms with Crippen LogP contribution in [0.3, 0.4) is 0 Å². The second-order valence-corrected chi connectivity index (χ2v) is 4.45. The fraction of sp³-hybridized carbons (Fsp3) is 0.909. The van der Waals surface area contributed by atoms with E-state index in [2.05, 4.69) is 11.8 Å². The van der Waals surface area contributed by atoms with E-state index in [4.69, 9.17) is 5.73 Å². The minimum Gasteiger partial charge on any atom is -0.345 e. The SMILES string of the molecule is CCCCN(C)C(=O)CN1CC[C@@H](N)C1. The van der Waals surface area contributed by atoms with Crippen LogP contribution >= 0.6 is 0 Å². The molecule has 4 nitrogen and oxygen atoms in total. The van der Waals surface area contributed by atoms with Gasteiger partial charge >= 0.3 is 0 Å². The molecular weight excluding hydrogens is 190 g/mol. The second kappa shape index (κ2) is 6.08. The number of likely N-dealkylation sites (tertiary alicyclic amines) is 1. The van der Waals surface area contributed by atoms with E-state index in [0.29, 0.717) is 6.54 Å². The minimum atomic E-state index is 0.220. The summed E-state index contributed by atoms with van der Waals surface area (Å²) in [6, 6.07) is 0.263. The first-order valence-corrected chi connectivity index (χ1v) is 5.85. The molecule has 0 saturated carbocycles. The molecule has 1 saturated heterocycles. The number of likely N-dealkylation sites (N-methyl/N-ethyl adjacent to an activating group) is 1. The number of hydrogen-bond acceptors (Lipinski definition) is 3. The maximum Gasteiger partial charge on any atom is 0.236 e. The van der Waals surface area contributed by atoms with Crippen molar-refractivity contribution in [1.82, 2.24) is 9.80 Å². The number of nitrogens with zero attached hydrogens (tertiary/aromatic N) is 2. The molecule has 0 aromatic carbocycles. The maximum absolute atomic E-state index is 11.8. The Balaban J connectivity index is 2.22. The van der Waals surface area contributed by atoms with Crippen LogP contribution in [0.2, 0.25) is 0 Å². The third-order valence-electron chi connectivity index (χ3n) is 2.94. The molecule has 0 spiro atoms. The Morgan fingerprint density at radius 1 is 1.60 bits per heavy atom. The molecule has 88 valence electrons. The Labute approximate surface area is 92.4 Å². The molecule has 1 atom stereocenters. The van der Waals surface area contributed by atoms with Gasteiger partial charge in [0, 0.05) is 32.7 Å². The van der Waals surface area contributed by atoms with Gasteiger partial charge in [0.25, 0.3) is 0 Å². The Morgan fingerprint density at radius 2 is 2.33 bits per heavy atom. The normalized spacial score (nSPS) is 21.9. The largest absolute Gasteiger partial charge is 0.345 e. The molecule has 0 radical (unpaired) electrons. The first-order chi connectivity index (χ1) is 7.13. The summed E-state index contributed by atoms with van der Waals surface area (Å²) in [5.41, 5.74) is 5.79. The van der Waals surface area contributed by atoms with Gasteiger partial charge < -0.3 is 10.6 Å². The van der Waals surface area contributed by atoms with E-state index in [1.165, 1.54) is 0 Å². The van der Waals surface area contributed by atoms with Crippen LogP contribution in [-0.2, 0) is 4.79 Å². The van der Waals surface area contributed by atoms with Crippen molar-refractivity contribution in [1.29, 1.82) is 0 Å². The lowest BCUT2D eigenvalue weighted by atomic mass is 10.3. The van der Waals surface area contributed by atoms with E-state index in [1.807, 2.05) is 11.9 Å². The van der Waals surface area contributed by atoms with Crippen molar-refractivity contribution in [2.75, 3.05) is 33.2 Å². The van der Waals surface area contributed by atoms with E-state index in [1.54, 1.807) is 0 Å². The van der Waals surface area contributed by atoms with Gasteiger partial charge in [-0.1, -0.05) is 13.3 Å². The van der Waals surface area contributed by atoms with E-state index >= 15 is 0 Å². The molecule has 0 aromatic rings. The summed E-state index contributed by atoms with van der Waals surface area (Å²) in [4.78, 5) is 15.7. The zero-order chi connectivity index (χ0) is 11.3. The summed E-state index contributed by atoms with van der Waals surface area (Å²) >= 11 is 0. The molecule has 1 heterocycles. The van der Waals surface area contributed by atoms with Crippen molar-refractivity contribution in [2.45, 2.75) is 32.2 Å². The third-order valence-corrected chi connectivity index (χ3v) is 2.94. The van der Waals surface area contributed by atoms with Crippen molar-refractivity contribution < 1.29 is 4.79 Å². The molecule has 1 aliphatic heterocycles. The Hall–Kier alpha value is -0.610. The molecule has 15 heavy (non-hydrogen) atoms. The highest BCUT2D eigenvalue weighted by molar-refractivity contribution is 5.78. The molecule has 1 aliphatic rings. The molecule has 0 aromatic heterocycles. The van der Waals surface area contributed by atoms with Crippen LogP contribution in [0.25, 0.3) is 0 Å². The molecule has 2 N–H and O–H groups in total. The van der Waals surface area contributed by atoms with Crippen molar-refractivity contribution in [3.05, 3.63) is 0 Å². The van der Waals surface area contributed by atoms with Crippen LogP contribution in [-0.4, -0.2) is 55.0 Å². The van der Waals surface area contributed by atoms with Crippen LogP contribution in [0.4, 0.5) is 0 Å². The third kappa shape index (κ3) is 4.18. The zero-order valence-corrected chi connectivity index (χ0v) is 9.91. The van der Waals surface area contributed by atoms with Gasteiger partial charge in [-0.3, -0.25) is 9.69 Å². The predicted octanol–water partition coefficient (Wildman–Crippen LogP) is 0.278. The molecule has 0 aliphatic carbocycles. The summed E-state index contributed by atoms with van der Waals surface area (Å²) in [6.45, 7) is 5.38. The van der Waals surface area contributed by atoms with Crippen molar-refractivity contribution >= 4 is 5.91 Å². The average Bonchev–Trinajstić information content (AvgIpc) is 2.60. The van der Waals surface area contributed by atoms with E-state index in [9.17, 15) is 4.79 Å². The number of carbonyl (C=O) groups excluding carboxylic acids is 1. The lowest BCUT2D eigenvalue weighted by Gasteiger charge is -2.21. The highest BCUT2D eigenvalue weighted by Gasteiger charge is 2.22. The Morgan fingerprint density at radius 3 is 2.87 bits per heavy atom. The maximum atomic E-state index is 11.8. The monoisotopic (exact) mass is 213 g/mol. The molecule has 1 fully saturated rings. The quantitative estimate of drug-likeness (QED) is 0.713.